The van der Waals surface area contributed by atoms with Crippen LogP contribution in [0.4, 0.5) is 0 Å². The van der Waals surface area contributed by atoms with Gasteiger partial charge >= 0.3 is 0 Å². The Morgan fingerprint density at radius 1 is 1.29 bits per heavy atom. The summed E-state index contributed by atoms with van der Waals surface area (Å²) >= 11 is 6.41. The molecule has 1 aromatic rings. The number of ether oxygens (including phenoxy) is 1. The summed E-state index contributed by atoms with van der Waals surface area (Å²) in [5.74, 6) is 0.828. The highest BCUT2D eigenvalue weighted by atomic mass is 35.5. The van der Waals surface area contributed by atoms with Gasteiger partial charge in [-0.05, 0) is 25.1 Å². The molecule has 0 aromatic heterocycles. The fourth-order valence-corrected chi connectivity index (χ4v) is 3.37. The minimum absolute atomic E-state index is 0.123. The van der Waals surface area contributed by atoms with Gasteiger partial charge < -0.3 is 15.4 Å². The lowest BCUT2D eigenvalue weighted by atomic mass is 10.0. The normalized spacial score (nSPS) is 18.7. The van der Waals surface area contributed by atoms with Gasteiger partial charge in [0.05, 0.1) is 13.2 Å². The Hall–Kier alpha value is -0.810. The molecule has 1 unspecified atom stereocenters. The molecule has 1 saturated heterocycles. The summed E-state index contributed by atoms with van der Waals surface area (Å²) in [5.41, 5.74) is 7.07. The molecule has 1 heterocycles. The number of piperazine rings is 1. The predicted octanol–water partition coefficient (Wildman–Crippen LogP) is 2.38. The smallest absolute Gasteiger partial charge is 0.125 e. The number of methoxy groups -OCH3 is 1. The molecule has 0 saturated carbocycles. The highest BCUT2D eigenvalue weighted by Gasteiger charge is 2.27. The van der Waals surface area contributed by atoms with Gasteiger partial charge in [-0.15, -0.1) is 0 Å². The van der Waals surface area contributed by atoms with Crippen molar-refractivity contribution in [2.75, 3.05) is 46.4 Å². The molecule has 1 aliphatic heterocycles. The Morgan fingerprint density at radius 3 is 2.57 bits per heavy atom. The molecular formula is C16H26ClN3O. The maximum atomic E-state index is 6.41. The van der Waals surface area contributed by atoms with Crippen LogP contribution in [-0.2, 0) is 0 Å². The third-order valence-electron chi connectivity index (χ3n) is 4.18. The standard InChI is InChI=1S/C16H26ClN3O/c1-3-7-19-8-10-20(11-9-19)14(12-18)16-13(17)5-4-6-15(16)21-2/h4-6,14H,3,7-12,18H2,1-2H3. The number of nitrogens with two attached hydrogens (primary N) is 1. The van der Waals surface area contributed by atoms with E-state index < -0.39 is 0 Å². The van der Waals surface area contributed by atoms with Crippen LogP contribution in [0.5, 0.6) is 5.75 Å². The predicted molar refractivity (Wildman–Crippen MR) is 88.1 cm³/mol. The number of rotatable bonds is 6. The van der Waals surface area contributed by atoms with Crippen LogP contribution >= 0.6 is 11.6 Å². The van der Waals surface area contributed by atoms with E-state index in [9.17, 15) is 0 Å². The first kappa shape index (κ1) is 16.6. The molecule has 118 valence electrons. The Balaban J connectivity index is 2.14. The number of hydrogen-bond acceptors (Lipinski definition) is 4. The quantitative estimate of drug-likeness (QED) is 0.876. The first-order chi connectivity index (χ1) is 10.2. The number of benzene rings is 1. The highest BCUT2D eigenvalue weighted by Crippen LogP contribution is 2.35. The molecule has 0 aliphatic carbocycles. The molecule has 5 heteroatoms. The van der Waals surface area contributed by atoms with Crippen molar-refractivity contribution in [3.05, 3.63) is 28.8 Å². The molecule has 1 aliphatic rings. The van der Waals surface area contributed by atoms with Crippen LogP contribution in [0.25, 0.3) is 0 Å². The molecule has 21 heavy (non-hydrogen) atoms. The van der Waals surface area contributed by atoms with Crippen LogP contribution < -0.4 is 10.5 Å². The number of hydrogen-bond donors (Lipinski definition) is 1. The molecule has 2 N–H and O–H groups in total. The van der Waals surface area contributed by atoms with Crippen molar-refractivity contribution in [1.29, 1.82) is 0 Å². The summed E-state index contributed by atoms with van der Waals surface area (Å²) in [7, 11) is 1.68. The third-order valence-corrected chi connectivity index (χ3v) is 4.51. The molecule has 0 spiro atoms. The lowest BCUT2D eigenvalue weighted by Crippen LogP contribution is -2.49. The van der Waals surface area contributed by atoms with Gasteiger partial charge in [-0.2, -0.15) is 0 Å². The summed E-state index contributed by atoms with van der Waals surface area (Å²) in [6.07, 6.45) is 1.21. The second-order valence-electron chi connectivity index (χ2n) is 5.48. The van der Waals surface area contributed by atoms with Gasteiger partial charge in [-0.1, -0.05) is 24.6 Å². The van der Waals surface area contributed by atoms with E-state index in [1.807, 2.05) is 18.2 Å². The van der Waals surface area contributed by atoms with Crippen molar-refractivity contribution in [2.24, 2.45) is 5.73 Å². The van der Waals surface area contributed by atoms with E-state index in [4.69, 9.17) is 22.1 Å². The zero-order chi connectivity index (χ0) is 15.2. The SMILES string of the molecule is CCCN1CCN(C(CN)c2c(Cl)cccc2OC)CC1. The molecule has 1 aromatic carbocycles. The van der Waals surface area contributed by atoms with E-state index in [0.29, 0.717) is 6.54 Å². The lowest BCUT2D eigenvalue weighted by molar-refractivity contribution is 0.0975. The largest absolute Gasteiger partial charge is 0.496 e. The molecule has 2 rings (SSSR count). The zero-order valence-corrected chi connectivity index (χ0v) is 13.8. The molecule has 0 amide bonds. The van der Waals surface area contributed by atoms with Gasteiger partial charge in [0.2, 0.25) is 0 Å². The Morgan fingerprint density at radius 2 is 2.00 bits per heavy atom. The lowest BCUT2D eigenvalue weighted by Gasteiger charge is -2.39. The minimum Gasteiger partial charge on any atom is -0.496 e. The monoisotopic (exact) mass is 311 g/mol. The molecule has 4 nitrogen and oxygen atoms in total. The zero-order valence-electron chi connectivity index (χ0n) is 13.0. The van der Waals surface area contributed by atoms with E-state index in [0.717, 1.165) is 42.5 Å². The van der Waals surface area contributed by atoms with Crippen molar-refractivity contribution < 1.29 is 4.74 Å². The summed E-state index contributed by atoms with van der Waals surface area (Å²) in [5, 5.41) is 0.737. The maximum absolute atomic E-state index is 6.41. The summed E-state index contributed by atoms with van der Waals surface area (Å²) in [6, 6.07) is 5.90. The Labute approximate surface area is 132 Å². The Kier molecular flexibility index (Phi) is 6.30. The molecule has 1 atom stereocenters. The van der Waals surface area contributed by atoms with Crippen LogP contribution in [0.1, 0.15) is 24.9 Å². The van der Waals surface area contributed by atoms with E-state index in [1.54, 1.807) is 7.11 Å². The topological polar surface area (TPSA) is 41.7 Å². The van der Waals surface area contributed by atoms with Crippen molar-refractivity contribution in [3.63, 3.8) is 0 Å². The van der Waals surface area contributed by atoms with Gasteiger partial charge in [-0.3, -0.25) is 4.90 Å². The summed E-state index contributed by atoms with van der Waals surface area (Å²) in [6.45, 7) is 8.19. The van der Waals surface area contributed by atoms with Crippen molar-refractivity contribution in [2.45, 2.75) is 19.4 Å². The average Bonchev–Trinajstić information content (AvgIpc) is 2.51. The average molecular weight is 312 g/mol. The first-order valence-electron chi connectivity index (χ1n) is 7.70. The molecular weight excluding hydrogens is 286 g/mol. The minimum atomic E-state index is 0.123. The van der Waals surface area contributed by atoms with E-state index >= 15 is 0 Å². The van der Waals surface area contributed by atoms with Crippen LogP contribution in [0.2, 0.25) is 5.02 Å². The van der Waals surface area contributed by atoms with Gasteiger partial charge in [0.25, 0.3) is 0 Å². The van der Waals surface area contributed by atoms with Crippen molar-refractivity contribution in [3.8, 4) is 5.75 Å². The van der Waals surface area contributed by atoms with E-state index in [1.165, 1.54) is 13.0 Å². The molecule has 0 radical (unpaired) electrons. The number of nitrogens with zero attached hydrogens (tertiary/aromatic N) is 2. The van der Waals surface area contributed by atoms with E-state index in [2.05, 4.69) is 16.7 Å². The fraction of sp³-hybridized carbons (Fsp3) is 0.625. The van der Waals surface area contributed by atoms with Gasteiger partial charge in [0.1, 0.15) is 5.75 Å². The summed E-state index contributed by atoms with van der Waals surface area (Å²) < 4.78 is 5.48. The van der Waals surface area contributed by atoms with Crippen molar-refractivity contribution >= 4 is 11.6 Å². The summed E-state index contributed by atoms with van der Waals surface area (Å²) in [4.78, 5) is 4.93. The third kappa shape index (κ3) is 3.89. The second kappa shape index (κ2) is 7.99. The van der Waals surface area contributed by atoms with Crippen LogP contribution in [-0.4, -0.2) is 56.2 Å². The molecule has 1 fully saturated rings. The Bertz CT molecular complexity index is 447. The maximum Gasteiger partial charge on any atom is 0.125 e. The second-order valence-corrected chi connectivity index (χ2v) is 5.89. The van der Waals surface area contributed by atoms with Gasteiger partial charge in [0.15, 0.2) is 0 Å². The van der Waals surface area contributed by atoms with E-state index in [-0.39, 0.29) is 6.04 Å². The van der Waals surface area contributed by atoms with Crippen LogP contribution in [0.15, 0.2) is 18.2 Å². The first-order valence-corrected chi connectivity index (χ1v) is 8.07. The van der Waals surface area contributed by atoms with Crippen molar-refractivity contribution in [1.82, 2.24) is 9.80 Å². The highest BCUT2D eigenvalue weighted by molar-refractivity contribution is 6.31. The fourth-order valence-electron chi connectivity index (χ4n) is 3.08. The molecule has 0 bridgehead atoms. The van der Waals surface area contributed by atoms with Gasteiger partial charge in [-0.25, -0.2) is 0 Å². The number of halogens is 1. The van der Waals surface area contributed by atoms with Crippen LogP contribution in [0.3, 0.4) is 0 Å². The van der Waals surface area contributed by atoms with Crippen LogP contribution in [0, 0.1) is 0 Å². The van der Waals surface area contributed by atoms with Gasteiger partial charge in [0, 0.05) is 43.3 Å².